The zero-order valence-electron chi connectivity index (χ0n) is 9.84. The molecule has 1 heterocycles. The van der Waals surface area contributed by atoms with E-state index in [0.717, 1.165) is 36.9 Å². The Balaban J connectivity index is 1.50. The van der Waals surface area contributed by atoms with Gasteiger partial charge in [-0.2, -0.15) is 0 Å². The number of piperidine rings is 1. The van der Waals surface area contributed by atoms with Crippen LogP contribution in [0.3, 0.4) is 0 Å². The smallest absolute Gasteiger partial charge is 0.410 e. The largest absolute Gasteiger partial charge is 0.445 e. The van der Waals surface area contributed by atoms with E-state index in [1.807, 2.05) is 35.2 Å². The number of fused-ring (bicyclic) bond motifs is 1. The van der Waals surface area contributed by atoms with Crippen molar-refractivity contribution in [3.63, 3.8) is 0 Å². The van der Waals surface area contributed by atoms with Gasteiger partial charge in [0.1, 0.15) is 6.61 Å². The van der Waals surface area contributed by atoms with Gasteiger partial charge < -0.3 is 9.64 Å². The van der Waals surface area contributed by atoms with Crippen molar-refractivity contribution in [2.45, 2.75) is 19.4 Å². The molecule has 2 aliphatic rings. The summed E-state index contributed by atoms with van der Waals surface area (Å²) in [6, 6.07) is 9.82. The third-order valence-electron chi connectivity index (χ3n) is 3.76. The highest BCUT2D eigenvalue weighted by atomic mass is 16.6. The number of hydrogen-bond acceptors (Lipinski definition) is 2. The molecule has 3 nitrogen and oxygen atoms in total. The van der Waals surface area contributed by atoms with Crippen molar-refractivity contribution in [1.82, 2.24) is 4.90 Å². The van der Waals surface area contributed by atoms with E-state index < -0.39 is 0 Å². The molecule has 1 saturated carbocycles. The fraction of sp³-hybridized carbons (Fsp3) is 0.500. The van der Waals surface area contributed by atoms with Crippen LogP contribution in [-0.2, 0) is 11.3 Å². The van der Waals surface area contributed by atoms with Gasteiger partial charge in [0.05, 0.1) is 0 Å². The van der Waals surface area contributed by atoms with E-state index >= 15 is 0 Å². The number of ether oxygens (including phenoxy) is 1. The topological polar surface area (TPSA) is 29.5 Å². The van der Waals surface area contributed by atoms with Crippen LogP contribution in [0.5, 0.6) is 0 Å². The molecule has 1 aliphatic carbocycles. The second-order valence-electron chi connectivity index (χ2n) is 5.03. The summed E-state index contributed by atoms with van der Waals surface area (Å²) in [5, 5.41) is 0. The Bertz CT molecular complexity index is 404. The van der Waals surface area contributed by atoms with E-state index in [0.29, 0.717) is 6.61 Å². The lowest BCUT2D eigenvalue weighted by Gasteiger charge is -2.25. The number of carbonyl (C=O) groups is 1. The zero-order valence-corrected chi connectivity index (χ0v) is 9.84. The molecule has 0 radical (unpaired) electrons. The van der Waals surface area contributed by atoms with E-state index in [-0.39, 0.29) is 6.09 Å². The molecule has 3 heteroatoms. The molecule has 1 amide bonds. The molecule has 2 atom stereocenters. The van der Waals surface area contributed by atoms with Crippen LogP contribution < -0.4 is 0 Å². The number of rotatable bonds is 2. The van der Waals surface area contributed by atoms with Crippen molar-refractivity contribution in [2.24, 2.45) is 11.8 Å². The third-order valence-corrected chi connectivity index (χ3v) is 3.76. The van der Waals surface area contributed by atoms with E-state index in [2.05, 4.69) is 0 Å². The molecular weight excluding hydrogens is 214 g/mol. The van der Waals surface area contributed by atoms with Gasteiger partial charge in [0.2, 0.25) is 0 Å². The van der Waals surface area contributed by atoms with Crippen LogP contribution in [0.15, 0.2) is 30.3 Å². The summed E-state index contributed by atoms with van der Waals surface area (Å²) in [4.78, 5) is 13.7. The fourth-order valence-corrected chi connectivity index (χ4v) is 2.56. The van der Waals surface area contributed by atoms with Crippen LogP contribution in [0.2, 0.25) is 0 Å². The minimum atomic E-state index is -0.154. The van der Waals surface area contributed by atoms with E-state index in [9.17, 15) is 4.79 Å². The summed E-state index contributed by atoms with van der Waals surface area (Å²) in [7, 11) is 0. The molecule has 0 N–H and O–H groups in total. The third kappa shape index (κ3) is 2.43. The highest BCUT2D eigenvalue weighted by Crippen LogP contribution is 2.44. The first-order valence-corrected chi connectivity index (χ1v) is 6.28. The SMILES string of the molecule is O=C(OCc1ccccc1)N1CCC2CC2C1. The lowest BCUT2D eigenvalue weighted by atomic mass is 10.1. The number of benzene rings is 1. The Kier molecular flexibility index (Phi) is 2.75. The average Bonchev–Trinajstić information content (AvgIpc) is 3.15. The van der Waals surface area contributed by atoms with Gasteiger partial charge in [0.25, 0.3) is 0 Å². The molecule has 2 fully saturated rings. The molecule has 1 saturated heterocycles. The number of carbonyl (C=O) groups excluding carboxylic acids is 1. The minimum Gasteiger partial charge on any atom is -0.445 e. The van der Waals surface area contributed by atoms with Crippen LogP contribution in [-0.4, -0.2) is 24.1 Å². The normalized spacial score (nSPS) is 26.2. The fourth-order valence-electron chi connectivity index (χ4n) is 2.56. The highest BCUT2D eigenvalue weighted by Gasteiger charge is 2.42. The highest BCUT2D eigenvalue weighted by molar-refractivity contribution is 5.67. The van der Waals surface area contributed by atoms with Gasteiger partial charge in [-0.3, -0.25) is 0 Å². The summed E-state index contributed by atoms with van der Waals surface area (Å²) < 4.78 is 5.32. The van der Waals surface area contributed by atoms with Gasteiger partial charge in [-0.05, 0) is 30.2 Å². The number of nitrogens with zero attached hydrogens (tertiary/aromatic N) is 1. The van der Waals surface area contributed by atoms with Gasteiger partial charge in [-0.25, -0.2) is 4.79 Å². The number of likely N-dealkylation sites (tertiary alicyclic amines) is 1. The molecule has 0 bridgehead atoms. The summed E-state index contributed by atoms with van der Waals surface area (Å²) in [5.74, 6) is 1.65. The molecule has 17 heavy (non-hydrogen) atoms. The van der Waals surface area contributed by atoms with Crippen molar-refractivity contribution in [2.75, 3.05) is 13.1 Å². The Morgan fingerprint density at radius 3 is 2.88 bits per heavy atom. The van der Waals surface area contributed by atoms with Gasteiger partial charge in [-0.15, -0.1) is 0 Å². The van der Waals surface area contributed by atoms with Crippen molar-refractivity contribution >= 4 is 6.09 Å². The van der Waals surface area contributed by atoms with Crippen LogP contribution in [0.4, 0.5) is 4.79 Å². The second-order valence-corrected chi connectivity index (χ2v) is 5.03. The second kappa shape index (κ2) is 4.40. The summed E-state index contributed by atoms with van der Waals surface area (Å²) in [6.07, 6.45) is 2.31. The molecule has 2 unspecified atom stereocenters. The maximum absolute atomic E-state index is 11.8. The molecule has 1 aromatic rings. The molecule has 1 aromatic carbocycles. The molecule has 0 spiro atoms. The van der Waals surface area contributed by atoms with Crippen molar-refractivity contribution in [3.05, 3.63) is 35.9 Å². The minimum absolute atomic E-state index is 0.154. The number of amides is 1. The molecule has 0 aromatic heterocycles. The van der Waals surface area contributed by atoms with Crippen LogP contribution in [0.25, 0.3) is 0 Å². The molecule has 90 valence electrons. The summed E-state index contributed by atoms with van der Waals surface area (Å²) in [6.45, 7) is 2.15. The van der Waals surface area contributed by atoms with Crippen LogP contribution in [0, 0.1) is 11.8 Å². The molecule has 3 rings (SSSR count). The van der Waals surface area contributed by atoms with Crippen LogP contribution in [0.1, 0.15) is 18.4 Å². The first-order chi connectivity index (χ1) is 8.33. The van der Waals surface area contributed by atoms with E-state index in [1.54, 1.807) is 0 Å². The van der Waals surface area contributed by atoms with Gasteiger partial charge >= 0.3 is 6.09 Å². The Morgan fingerprint density at radius 1 is 1.29 bits per heavy atom. The van der Waals surface area contributed by atoms with E-state index in [4.69, 9.17) is 4.74 Å². The van der Waals surface area contributed by atoms with Crippen LogP contribution >= 0.6 is 0 Å². The van der Waals surface area contributed by atoms with Crippen molar-refractivity contribution in [1.29, 1.82) is 0 Å². The Hall–Kier alpha value is -1.51. The maximum atomic E-state index is 11.8. The molecule has 1 aliphatic heterocycles. The van der Waals surface area contributed by atoms with Gasteiger partial charge in [0.15, 0.2) is 0 Å². The Labute approximate surface area is 101 Å². The van der Waals surface area contributed by atoms with Gasteiger partial charge in [-0.1, -0.05) is 30.3 Å². The van der Waals surface area contributed by atoms with Gasteiger partial charge in [0, 0.05) is 13.1 Å². The lowest BCUT2D eigenvalue weighted by molar-refractivity contribution is 0.0878. The monoisotopic (exact) mass is 231 g/mol. The van der Waals surface area contributed by atoms with Crippen molar-refractivity contribution < 1.29 is 9.53 Å². The summed E-state index contributed by atoms with van der Waals surface area (Å²) in [5.41, 5.74) is 1.04. The van der Waals surface area contributed by atoms with Crippen molar-refractivity contribution in [3.8, 4) is 0 Å². The van der Waals surface area contributed by atoms with E-state index in [1.165, 1.54) is 6.42 Å². The first kappa shape index (κ1) is 10.6. The predicted molar refractivity (Wildman–Crippen MR) is 64.4 cm³/mol. The zero-order chi connectivity index (χ0) is 11.7. The average molecular weight is 231 g/mol. The Morgan fingerprint density at radius 2 is 2.12 bits per heavy atom. The lowest BCUT2D eigenvalue weighted by Crippen LogP contribution is -2.37. The predicted octanol–water partition coefficient (Wildman–Crippen LogP) is 2.67. The quantitative estimate of drug-likeness (QED) is 0.783. The summed E-state index contributed by atoms with van der Waals surface area (Å²) >= 11 is 0. The molecular formula is C14H17NO2. The number of hydrogen-bond donors (Lipinski definition) is 0. The standard InChI is InChI=1S/C14H17NO2/c16-14(15-7-6-12-8-13(12)9-15)17-10-11-4-2-1-3-5-11/h1-5,12-13H,6-10H2. The maximum Gasteiger partial charge on any atom is 0.410 e. The first-order valence-electron chi connectivity index (χ1n) is 6.28.